The second kappa shape index (κ2) is 16.8. The highest BCUT2D eigenvalue weighted by molar-refractivity contribution is 5.70. The van der Waals surface area contributed by atoms with Crippen molar-refractivity contribution in [3.8, 4) is 0 Å². The van der Waals surface area contributed by atoms with E-state index in [1.807, 2.05) is 6.42 Å². The van der Waals surface area contributed by atoms with Gasteiger partial charge in [0.1, 0.15) is 0 Å². The van der Waals surface area contributed by atoms with Gasteiger partial charge in [-0.1, -0.05) is 104 Å². The Balaban J connectivity index is 3.04. The van der Waals surface area contributed by atoms with E-state index in [-0.39, 0.29) is 5.92 Å². The largest absolute Gasteiger partial charge is 0.481 e. The lowest BCUT2D eigenvalue weighted by molar-refractivity contribution is -0.140. The predicted molar refractivity (Wildman–Crippen MR) is 96.0 cm³/mol. The minimum atomic E-state index is -0.703. The van der Waals surface area contributed by atoms with Crippen molar-refractivity contribution >= 4 is 5.97 Å². The van der Waals surface area contributed by atoms with Gasteiger partial charge in [0.05, 0.1) is 5.92 Å². The molecule has 2 nitrogen and oxygen atoms in total. The molecule has 0 spiro atoms. The molecular formula is C20H39O2. The first-order chi connectivity index (χ1) is 10.7. The molecule has 2 heteroatoms. The van der Waals surface area contributed by atoms with Gasteiger partial charge in [0.15, 0.2) is 0 Å². The number of hydrogen-bond acceptors (Lipinski definition) is 1. The first-order valence-electron chi connectivity index (χ1n) is 9.74. The summed E-state index contributed by atoms with van der Waals surface area (Å²) in [5, 5.41) is 8.77. The third kappa shape index (κ3) is 15.9. The summed E-state index contributed by atoms with van der Waals surface area (Å²) >= 11 is 0. The molecule has 0 saturated carbocycles. The maximum Gasteiger partial charge on any atom is 0.306 e. The van der Waals surface area contributed by atoms with Crippen LogP contribution in [0.4, 0.5) is 0 Å². The number of carbonyl (C=O) groups is 1. The number of carboxylic acids is 1. The topological polar surface area (TPSA) is 37.3 Å². The second-order valence-corrected chi connectivity index (χ2v) is 6.75. The van der Waals surface area contributed by atoms with Gasteiger partial charge in [-0.15, -0.1) is 0 Å². The number of unbranched alkanes of at least 4 members (excludes halogenated alkanes) is 14. The summed E-state index contributed by atoms with van der Waals surface area (Å²) < 4.78 is 0. The Morgan fingerprint density at radius 3 is 1.50 bits per heavy atom. The van der Waals surface area contributed by atoms with Gasteiger partial charge in [0, 0.05) is 0 Å². The van der Waals surface area contributed by atoms with E-state index in [2.05, 4.69) is 6.92 Å². The molecule has 1 radical (unpaired) electrons. The van der Waals surface area contributed by atoms with Crippen LogP contribution in [0.2, 0.25) is 0 Å². The summed E-state index contributed by atoms with van der Waals surface area (Å²) in [6, 6.07) is 0. The molecule has 0 heterocycles. The van der Waals surface area contributed by atoms with Crippen LogP contribution in [0.1, 0.15) is 110 Å². The van der Waals surface area contributed by atoms with Crippen molar-refractivity contribution in [3.05, 3.63) is 6.42 Å². The van der Waals surface area contributed by atoms with Gasteiger partial charge in [-0.25, -0.2) is 0 Å². The molecular weight excluding hydrogens is 272 g/mol. The molecule has 22 heavy (non-hydrogen) atoms. The van der Waals surface area contributed by atoms with E-state index >= 15 is 0 Å². The Bertz CT molecular complexity index is 238. The fraction of sp³-hybridized carbons (Fsp3) is 0.900. The summed E-state index contributed by atoms with van der Waals surface area (Å²) in [5.74, 6) is -0.993. The van der Waals surface area contributed by atoms with Crippen LogP contribution in [0.5, 0.6) is 0 Å². The molecule has 1 N–H and O–H groups in total. The minimum absolute atomic E-state index is 0.290. The highest BCUT2D eigenvalue weighted by Gasteiger charge is 2.09. The van der Waals surface area contributed by atoms with Crippen molar-refractivity contribution in [2.75, 3.05) is 0 Å². The molecule has 0 aliphatic carbocycles. The smallest absolute Gasteiger partial charge is 0.306 e. The highest BCUT2D eigenvalue weighted by atomic mass is 16.4. The quantitative estimate of drug-likeness (QED) is 0.300. The van der Waals surface area contributed by atoms with Crippen LogP contribution < -0.4 is 0 Å². The molecule has 1 atom stereocenters. The Morgan fingerprint density at radius 2 is 1.14 bits per heavy atom. The van der Waals surface area contributed by atoms with Crippen LogP contribution in [0.15, 0.2) is 0 Å². The van der Waals surface area contributed by atoms with E-state index in [1.54, 1.807) is 6.92 Å². The fourth-order valence-electron chi connectivity index (χ4n) is 2.81. The lowest BCUT2D eigenvalue weighted by Crippen LogP contribution is -2.09. The Hall–Kier alpha value is -0.530. The number of aliphatic carboxylic acids is 1. The molecule has 0 fully saturated rings. The zero-order valence-corrected chi connectivity index (χ0v) is 15.1. The van der Waals surface area contributed by atoms with Crippen LogP contribution in [0.3, 0.4) is 0 Å². The van der Waals surface area contributed by atoms with Crippen molar-refractivity contribution in [1.29, 1.82) is 0 Å². The molecule has 0 aliphatic heterocycles. The first kappa shape index (κ1) is 21.5. The number of hydrogen-bond donors (Lipinski definition) is 1. The third-order valence-electron chi connectivity index (χ3n) is 4.47. The Kier molecular flexibility index (Phi) is 16.4. The average molecular weight is 312 g/mol. The summed E-state index contributed by atoms with van der Waals surface area (Å²) in [7, 11) is 0. The van der Waals surface area contributed by atoms with Gasteiger partial charge < -0.3 is 5.11 Å². The zero-order valence-electron chi connectivity index (χ0n) is 15.1. The molecule has 131 valence electrons. The van der Waals surface area contributed by atoms with E-state index in [1.165, 1.54) is 83.5 Å². The lowest BCUT2D eigenvalue weighted by Gasteiger charge is -2.05. The predicted octanol–water partition coefficient (Wildman–Crippen LogP) is 6.78. The van der Waals surface area contributed by atoms with Crippen LogP contribution in [0.25, 0.3) is 0 Å². The molecule has 0 amide bonds. The average Bonchev–Trinajstić information content (AvgIpc) is 2.50. The van der Waals surface area contributed by atoms with E-state index in [0.717, 1.165) is 12.8 Å². The normalized spacial score (nSPS) is 12.5. The molecule has 0 saturated heterocycles. The molecule has 0 aromatic carbocycles. The van der Waals surface area contributed by atoms with Crippen molar-refractivity contribution < 1.29 is 9.90 Å². The maximum absolute atomic E-state index is 10.6. The van der Waals surface area contributed by atoms with E-state index < -0.39 is 5.97 Å². The summed E-state index contributed by atoms with van der Waals surface area (Å²) in [4.78, 5) is 10.6. The molecule has 0 aromatic rings. The van der Waals surface area contributed by atoms with E-state index in [9.17, 15) is 4.79 Å². The molecule has 0 unspecified atom stereocenters. The molecule has 0 aromatic heterocycles. The van der Waals surface area contributed by atoms with E-state index in [0.29, 0.717) is 0 Å². The highest BCUT2D eigenvalue weighted by Crippen LogP contribution is 2.14. The van der Waals surface area contributed by atoms with Gasteiger partial charge >= 0.3 is 5.97 Å². The number of rotatable bonds is 17. The zero-order chi connectivity index (χ0) is 16.5. The van der Waals surface area contributed by atoms with Crippen LogP contribution in [0, 0.1) is 12.3 Å². The summed E-state index contributed by atoms with van der Waals surface area (Å²) in [6.07, 6.45) is 22.1. The van der Waals surface area contributed by atoms with Crippen LogP contribution in [-0.4, -0.2) is 11.1 Å². The van der Waals surface area contributed by atoms with Crippen molar-refractivity contribution in [2.24, 2.45) is 5.92 Å². The summed E-state index contributed by atoms with van der Waals surface area (Å²) in [6.45, 7) is 4.03. The molecule has 0 bridgehead atoms. The van der Waals surface area contributed by atoms with Gasteiger partial charge in [-0.05, 0) is 12.8 Å². The van der Waals surface area contributed by atoms with E-state index in [4.69, 9.17) is 5.11 Å². The van der Waals surface area contributed by atoms with Crippen LogP contribution in [-0.2, 0) is 4.79 Å². The summed E-state index contributed by atoms with van der Waals surface area (Å²) in [5.41, 5.74) is 0. The first-order valence-corrected chi connectivity index (χ1v) is 9.74. The second-order valence-electron chi connectivity index (χ2n) is 6.75. The third-order valence-corrected chi connectivity index (χ3v) is 4.47. The van der Waals surface area contributed by atoms with Gasteiger partial charge in [-0.3, -0.25) is 4.79 Å². The van der Waals surface area contributed by atoms with Crippen LogP contribution >= 0.6 is 0 Å². The van der Waals surface area contributed by atoms with Crippen molar-refractivity contribution in [3.63, 3.8) is 0 Å². The fourth-order valence-corrected chi connectivity index (χ4v) is 2.81. The van der Waals surface area contributed by atoms with Crippen molar-refractivity contribution in [1.82, 2.24) is 0 Å². The van der Waals surface area contributed by atoms with Gasteiger partial charge in [0.25, 0.3) is 0 Å². The molecule has 0 aliphatic rings. The Morgan fingerprint density at radius 1 is 0.773 bits per heavy atom. The van der Waals surface area contributed by atoms with Gasteiger partial charge in [-0.2, -0.15) is 0 Å². The van der Waals surface area contributed by atoms with Gasteiger partial charge in [0.2, 0.25) is 0 Å². The number of carboxylic acid groups (broad SMARTS) is 1. The molecule has 0 rings (SSSR count). The Labute approximate surface area is 139 Å². The lowest BCUT2D eigenvalue weighted by atomic mass is 10.0. The standard InChI is InChI=1S/C20H39O2/c1-3-4-5-6-7-8-9-10-11-12-13-14-15-16-17-18-19(2)20(21)22/h18-19H,3-17H2,1-2H3,(H,21,22)/t19-/m0/s1. The SMILES string of the molecule is CCCCCCCCCCCCCCCC[CH][C@H](C)C(=O)O. The monoisotopic (exact) mass is 311 g/mol. The minimum Gasteiger partial charge on any atom is -0.481 e. The van der Waals surface area contributed by atoms with Crippen molar-refractivity contribution in [2.45, 2.75) is 110 Å². The maximum atomic E-state index is 10.6.